The minimum Gasteiger partial charge on any atom is -0.335 e. The van der Waals surface area contributed by atoms with Crippen LogP contribution in [0.15, 0.2) is 53.8 Å². The van der Waals surface area contributed by atoms with Gasteiger partial charge in [0.2, 0.25) is 11.1 Å². The number of nitrogens with zero attached hydrogens (tertiary/aromatic N) is 5. The fraction of sp³-hybridized carbons (Fsp3) is 0.300. The number of aromatic amines is 1. The van der Waals surface area contributed by atoms with Gasteiger partial charge in [-0.3, -0.25) is 9.69 Å². The van der Waals surface area contributed by atoms with E-state index in [1.807, 2.05) is 60.5 Å². The number of rotatable bonds is 5. The Kier molecular flexibility index (Phi) is 5.66. The van der Waals surface area contributed by atoms with Crippen LogP contribution in [0, 0.1) is 6.92 Å². The molecular weight excluding hydrogens is 386 g/mol. The predicted octanol–water partition coefficient (Wildman–Crippen LogP) is 1.22. The minimum absolute atomic E-state index is 0.0899. The number of carbonyl (C=O) groups excluding carboxylic acids is 1. The van der Waals surface area contributed by atoms with E-state index in [0.29, 0.717) is 29.8 Å². The Morgan fingerprint density at radius 1 is 1.10 bits per heavy atom. The topological polar surface area (TPSA) is 94.4 Å². The zero-order valence-electron chi connectivity index (χ0n) is 16.3. The number of nitrogens with two attached hydrogens (primary N) is 1. The van der Waals surface area contributed by atoms with E-state index in [4.69, 9.17) is 5.84 Å². The van der Waals surface area contributed by atoms with Crippen LogP contribution in [-0.2, 0) is 4.79 Å². The molecule has 1 amide bonds. The van der Waals surface area contributed by atoms with Crippen LogP contribution >= 0.6 is 11.8 Å². The molecule has 29 heavy (non-hydrogen) atoms. The van der Waals surface area contributed by atoms with Gasteiger partial charge in [-0.1, -0.05) is 42.1 Å². The first kappa shape index (κ1) is 19.3. The van der Waals surface area contributed by atoms with Gasteiger partial charge in [0.1, 0.15) is 13.1 Å². The standard InChI is InChI=1S/C20H23N7OS/c1-15-6-2-3-7-16(15)19-23-24-20(27(19)21)29-14-18(28)26-12-10-25(11-13-26)17-8-4-5-9-22-17/h2-9H,10-14,21H2,1H3/p+1. The number of aryl methyl sites for hydroxylation is 1. The van der Waals surface area contributed by atoms with Gasteiger partial charge in [-0.2, -0.15) is 0 Å². The number of anilines is 1. The highest BCUT2D eigenvalue weighted by Gasteiger charge is 2.26. The van der Waals surface area contributed by atoms with Gasteiger partial charge in [0.05, 0.1) is 25.0 Å². The Hall–Kier alpha value is -3.07. The summed E-state index contributed by atoms with van der Waals surface area (Å²) in [5.74, 6) is 8.25. The Balaban J connectivity index is 1.33. The van der Waals surface area contributed by atoms with Crippen LogP contribution < -0.4 is 15.7 Å². The summed E-state index contributed by atoms with van der Waals surface area (Å²) >= 11 is 1.32. The van der Waals surface area contributed by atoms with Gasteiger partial charge >= 0.3 is 0 Å². The van der Waals surface area contributed by atoms with Crippen molar-refractivity contribution in [1.29, 1.82) is 0 Å². The lowest BCUT2D eigenvalue weighted by Crippen LogP contribution is -2.50. The fourth-order valence-electron chi connectivity index (χ4n) is 3.38. The summed E-state index contributed by atoms with van der Waals surface area (Å²) in [6, 6.07) is 13.9. The highest BCUT2D eigenvalue weighted by Crippen LogP contribution is 2.24. The first-order valence-electron chi connectivity index (χ1n) is 9.52. The van der Waals surface area contributed by atoms with Crippen molar-refractivity contribution in [3.8, 4) is 11.4 Å². The van der Waals surface area contributed by atoms with Gasteiger partial charge in [-0.25, -0.2) is 9.66 Å². The Morgan fingerprint density at radius 2 is 1.86 bits per heavy atom. The van der Waals surface area contributed by atoms with Crippen molar-refractivity contribution in [1.82, 2.24) is 19.8 Å². The molecule has 0 spiro atoms. The van der Waals surface area contributed by atoms with Crippen LogP contribution in [0.1, 0.15) is 5.56 Å². The molecule has 4 rings (SSSR count). The zero-order valence-corrected chi connectivity index (χ0v) is 17.1. The van der Waals surface area contributed by atoms with E-state index < -0.39 is 0 Å². The Bertz CT molecular complexity index is 984. The number of pyridine rings is 1. The molecule has 3 N–H and O–H groups in total. The molecule has 150 valence electrons. The number of amides is 1. The summed E-state index contributed by atoms with van der Waals surface area (Å²) in [5.41, 5.74) is 2.02. The summed E-state index contributed by atoms with van der Waals surface area (Å²) < 4.78 is 1.46. The highest BCUT2D eigenvalue weighted by molar-refractivity contribution is 7.99. The molecule has 0 saturated carbocycles. The molecule has 0 aliphatic carbocycles. The van der Waals surface area contributed by atoms with Crippen molar-refractivity contribution in [2.75, 3.05) is 42.7 Å². The van der Waals surface area contributed by atoms with E-state index in [-0.39, 0.29) is 5.91 Å². The SMILES string of the molecule is Cc1ccccc1-c1nnc(SCC(=O)N2CCN(c3cccc[nH+]3)CC2)n1N. The summed E-state index contributed by atoms with van der Waals surface area (Å²) in [4.78, 5) is 20.0. The van der Waals surface area contributed by atoms with Crippen molar-refractivity contribution in [2.24, 2.45) is 0 Å². The number of piperazine rings is 1. The van der Waals surface area contributed by atoms with Gasteiger partial charge in [-0.05, 0) is 18.6 Å². The molecule has 1 aliphatic heterocycles. The third kappa shape index (κ3) is 4.19. The van der Waals surface area contributed by atoms with E-state index in [0.717, 1.165) is 30.0 Å². The third-order valence-electron chi connectivity index (χ3n) is 5.04. The number of thioether (sulfide) groups is 1. The fourth-order valence-corrected chi connectivity index (χ4v) is 4.14. The number of nitrogen functional groups attached to an aromatic ring is 1. The Labute approximate surface area is 173 Å². The van der Waals surface area contributed by atoms with E-state index in [1.54, 1.807) is 0 Å². The number of hydrogen-bond acceptors (Lipinski definition) is 6. The number of benzene rings is 1. The molecule has 0 bridgehead atoms. The molecule has 2 aromatic heterocycles. The quantitative estimate of drug-likeness (QED) is 0.502. The average Bonchev–Trinajstić information content (AvgIpc) is 3.13. The van der Waals surface area contributed by atoms with E-state index >= 15 is 0 Å². The molecule has 3 aromatic rings. The molecule has 1 saturated heterocycles. The lowest BCUT2D eigenvalue weighted by Gasteiger charge is -2.30. The third-order valence-corrected chi connectivity index (χ3v) is 5.97. The van der Waals surface area contributed by atoms with Crippen LogP contribution in [0.4, 0.5) is 5.82 Å². The van der Waals surface area contributed by atoms with Gasteiger partial charge in [0, 0.05) is 11.6 Å². The van der Waals surface area contributed by atoms with Crippen molar-refractivity contribution < 1.29 is 9.78 Å². The largest absolute Gasteiger partial charge is 0.335 e. The maximum atomic E-state index is 12.6. The summed E-state index contributed by atoms with van der Waals surface area (Å²) in [6.07, 6.45) is 1.91. The van der Waals surface area contributed by atoms with E-state index in [2.05, 4.69) is 20.1 Å². The van der Waals surface area contributed by atoms with Crippen molar-refractivity contribution in [3.63, 3.8) is 0 Å². The van der Waals surface area contributed by atoms with Gasteiger partial charge < -0.3 is 10.7 Å². The Morgan fingerprint density at radius 3 is 2.59 bits per heavy atom. The van der Waals surface area contributed by atoms with Gasteiger partial charge in [0.25, 0.3) is 5.82 Å². The van der Waals surface area contributed by atoms with Gasteiger partial charge in [-0.15, -0.1) is 10.2 Å². The zero-order chi connectivity index (χ0) is 20.2. The van der Waals surface area contributed by atoms with Gasteiger partial charge in [0.15, 0.2) is 5.82 Å². The second-order valence-electron chi connectivity index (χ2n) is 6.90. The van der Waals surface area contributed by atoms with Crippen LogP contribution in [0.25, 0.3) is 11.4 Å². The van der Waals surface area contributed by atoms with Crippen LogP contribution in [0.3, 0.4) is 0 Å². The average molecular weight is 411 g/mol. The smallest absolute Gasteiger partial charge is 0.274 e. The summed E-state index contributed by atoms with van der Waals surface area (Å²) in [6.45, 7) is 5.02. The molecule has 0 atom stereocenters. The number of aromatic nitrogens is 4. The predicted molar refractivity (Wildman–Crippen MR) is 113 cm³/mol. The first-order valence-corrected chi connectivity index (χ1v) is 10.5. The first-order chi connectivity index (χ1) is 14.1. The summed E-state index contributed by atoms with van der Waals surface area (Å²) in [7, 11) is 0. The van der Waals surface area contributed by atoms with E-state index in [1.165, 1.54) is 16.4 Å². The molecule has 0 unspecified atom stereocenters. The molecule has 8 nitrogen and oxygen atoms in total. The van der Waals surface area contributed by atoms with Crippen LogP contribution in [-0.4, -0.2) is 57.6 Å². The maximum absolute atomic E-state index is 12.6. The second-order valence-corrected chi connectivity index (χ2v) is 7.84. The molecule has 1 fully saturated rings. The molecular formula is C20H24N7OS+. The summed E-state index contributed by atoms with van der Waals surface area (Å²) in [5, 5.41) is 8.92. The number of nitrogens with one attached hydrogen (secondary N) is 1. The number of carbonyl (C=O) groups is 1. The number of H-pyrrole nitrogens is 1. The van der Waals surface area contributed by atoms with Crippen LogP contribution in [0.2, 0.25) is 0 Å². The molecule has 1 aliphatic rings. The number of hydrogen-bond donors (Lipinski definition) is 1. The molecule has 3 heterocycles. The van der Waals surface area contributed by atoms with Crippen molar-refractivity contribution in [3.05, 3.63) is 54.2 Å². The molecule has 9 heteroatoms. The lowest BCUT2D eigenvalue weighted by atomic mass is 10.1. The molecule has 0 radical (unpaired) electrons. The highest BCUT2D eigenvalue weighted by atomic mass is 32.2. The van der Waals surface area contributed by atoms with E-state index in [9.17, 15) is 4.79 Å². The van der Waals surface area contributed by atoms with Crippen LogP contribution in [0.5, 0.6) is 0 Å². The maximum Gasteiger partial charge on any atom is 0.274 e. The molecule has 1 aromatic carbocycles. The van der Waals surface area contributed by atoms with Crippen molar-refractivity contribution in [2.45, 2.75) is 12.1 Å². The normalized spacial score (nSPS) is 14.2. The minimum atomic E-state index is 0.0899. The second kappa shape index (κ2) is 8.52. The van der Waals surface area contributed by atoms with Crippen molar-refractivity contribution >= 4 is 23.5 Å². The monoisotopic (exact) mass is 410 g/mol. The lowest BCUT2D eigenvalue weighted by molar-refractivity contribution is -0.364.